The van der Waals surface area contributed by atoms with Crippen LogP contribution in [0.15, 0.2) is 58.4 Å². The van der Waals surface area contributed by atoms with Gasteiger partial charge in [-0.15, -0.1) is 0 Å². The Labute approximate surface area is 143 Å². The van der Waals surface area contributed by atoms with E-state index in [-0.39, 0.29) is 4.90 Å². The van der Waals surface area contributed by atoms with Crippen molar-refractivity contribution >= 4 is 27.2 Å². The van der Waals surface area contributed by atoms with Crippen LogP contribution in [-0.4, -0.2) is 29.1 Å². The highest BCUT2D eigenvalue weighted by Crippen LogP contribution is 2.31. The van der Waals surface area contributed by atoms with E-state index in [2.05, 4.69) is 15.6 Å². The minimum absolute atomic E-state index is 0.0357. The van der Waals surface area contributed by atoms with Crippen LogP contribution in [0.1, 0.15) is 11.1 Å². The molecule has 1 atom stereocenters. The third-order valence-corrected chi connectivity index (χ3v) is 5.12. The van der Waals surface area contributed by atoms with Gasteiger partial charge in [0.2, 0.25) is 5.90 Å². The van der Waals surface area contributed by atoms with E-state index >= 15 is 0 Å². The van der Waals surface area contributed by atoms with Crippen molar-refractivity contribution in [1.29, 1.82) is 0 Å². The van der Waals surface area contributed by atoms with Gasteiger partial charge >= 0.3 is 6.18 Å². The van der Waals surface area contributed by atoms with E-state index < -0.39 is 21.4 Å². The molecule has 1 heterocycles. The number of nitrogens with zero attached hydrogens (tertiary/aromatic N) is 1. The standard InChI is InChI=1S/C17H15F3N2O2S/c1-25(23,13-6-4-5-12(11-13)17(18,19)20)22-15-8-3-2-7-14(15)16-21-9-10-24-16/h2-8,11H,1,9-10H2,(H,22,23). The Morgan fingerprint density at radius 1 is 1.16 bits per heavy atom. The minimum Gasteiger partial charge on any atom is -0.475 e. The third kappa shape index (κ3) is 3.79. The first-order chi connectivity index (χ1) is 11.8. The van der Waals surface area contributed by atoms with Gasteiger partial charge in [-0.05, 0) is 36.2 Å². The molecule has 0 saturated carbocycles. The molecule has 1 unspecified atom stereocenters. The van der Waals surface area contributed by atoms with Crippen LogP contribution in [0.4, 0.5) is 18.9 Å². The lowest BCUT2D eigenvalue weighted by Gasteiger charge is -2.17. The van der Waals surface area contributed by atoms with Gasteiger partial charge in [-0.1, -0.05) is 18.2 Å². The number of alkyl halides is 3. The monoisotopic (exact) mass is 368 g/mol. The van der Waals surface area contributed by atoms with E-state index in [4.69, 9.17) is 4.74 Å². The fourth-order valence-corrected chi connectivity index (χ4v) is 3.64. The van der Waals surface area contributed by atoms with Gasteiger partial charge in [0.25, 0.3) is 0 Å². The van der Waals surface area contributed by atoms with Crippen LogP contribution in [0, 0.1) is 0 Å². The molecule has 1 aliphatic rings. The molecule has 0 fully saturated rings. The van der Waals surface area contributed by atoms with E-state index in [1.54, 1.807) is 24.3 Å². The number of aliphatic imine (C=N–C) groups is 1. The number of benzene rings is 2. The van der Waals surface area contributed by atoms with E-state index in [1.165, 1.54) is 12.1 Å². The Morgan fingerprint density at radius 3 is 2.60 bits per heavy atom. The Bertz CT molecular complexity index is 921. The van der Waals surface area contributed by atoms with Crippen molar-refractivity contribution in [2.24, 2.45) is 4.99 Å². The molecule has 0 aliphatic carbocycles. The molecule has 132 valence electrons. The van der Waals surface area contributed by atoms with Crippen molar-refractivity contribution in [2.45, 2.75) is 11.1 Å². The first-order valence-corrected chi connectivity index (χ1v) is 9.09. The van der Waals surface area contributed by atoms with Gasteiger partial charge in [0.05, 0.1) is 38.0 Å². The van der Waals surface area contributed by atoms with Crippen molar-refractivity contribution < 1.29 is 22.1 Å². The number of ether oxygens (including phenoxy) is 1. The average molecular weight is 368 g/mol. The smallest absolute Gasteiger partial charge is 0.416 e. The molecule has 0 amide bonds. The van der Waals surface area contributed by atoms with Crippen LogP contribution in [-0.2, 0) is 20.6 Å². The van der Waals surface area contributed by atoms with Gasteiger partial charge in [0.1, 0.15) is 6.61 Å². The zero-order chi connectivity index (χ0) is 18.1. The number of rotatable bonds is 4. The van der Waals surface area contributed by atoms with Gasteiger partial charge in [-0.25, -0.2) is 9.20 Å². The van der Waals surface area contributed by atoms with Crippen LogP contribution in [0.5, 0.6) is 0 Å². The molecule has 0 saturated heterocycles. The molecule has 1 N–H and O–H groups in total. The second kappa shape index (κ2) is 6.44. The molecule has 8 heteroatoms. The Balaban J connectivity index is 1.96. The Hall–Kier alpha value is -2.48. The molecule has 0 aromatic heterocycles. The second-order valence-electron chi connectivity index (χ2n) is 5.38. The molecule has 0 bridgehead atoms. The van der Waals surface area contributed by atoms with Crippen LogP contribution < -0.4 is 4.72 Å². The maximum absolute atomic E-state index is 12.9. The predicted molar refractivity (Wildman–Crippen MR) is 92.4 cm³/mol. The molecular formula is C17H15F3N2O2S. The number of hydrogen-bond donors (Lipinski definition) is 1. The number of para-hydroxylation sites is 1. The maximum Gasteiger partial charge on any atom is 0.416 e. The van der Waals surface area contributed by atoms with Crippen molar-refractivity contribution in [3.05, 3.63) is 59.7 Å². The molecule has 25 heavy (non-hydrogen) atoms. The van der Waals surface area contributed by atoms with Crippen LogP contribution in [0.3, 0.4) is 0 Å². The largest absolute Gasteiger partial charge is 0.475 e. The molecule has 4 nitrogen and oxygen atoms in total. The quantitative estimate of drug-likeness (QED) is 0.839. The van der Waals surface area contributed by atoms with Gasteiger partial charge in [-0.3, -0.25) is 0 Å². The summed E-state index contributed by atoms with van der Waals surface area (Å²) in [5.74, 6) is 4.00. The predicted octanol–water partition coefficient (Wildman–Crippen LogP) is 3.58. The molecular weight excluding hydrogens is 353 g/mol. The van der Waals surface area contributed by atoms with Crippen LogP contribution in [0.2, 0.25) is 0 Å². The van der Waals surface area contributed by atoms with Gasteiger partial charge in [-0.2, -0.15) is 13.2 Å². The highest BCUT2D eigenvalue weighted by atomic mass is 32.2. The number of nitrogens with one attached hydrogen (secondary N) is 1. The molecule has 3 rings (SSSR count). The Morgan fingerprint density at radius 2 is 1.92 bits per heavy atom. The zero-order valence-corrected chi connectivity index (χ0v) is 13.9. The highest BCUT2D eigenvalue weighted by molar-refractivity contribution is 8.01. The highest BCUT2D eigenvalue weighted by Gasteiger charge is 2.31. The topological polar surface area (TPSA) is 50.7 Å². The molecule has 2 aromatic rings. The molecule has 0 radical (unpaired) electrons. The second-order valence-corrected chi connectivity index (χ2v) is 7.41. The molecule has 0 spiro atoms. The van der Waals surface area contributed by atoms with Crippen LogP contribution in [0.25, 0.3) is 0 Å². The number of hydrogen-bond acceptors (Lipinski definition) is 3. The summed E-state index contributed by atoms with van der Waals surface area (Å²) < 4.78 is 59.7. The maximum atomic E-state index is 12.9. The summed E-state index contributed by atoms with van der Waals surface area (Å²) in [4.78, 5) is 4.17. The molecule has 2 aromatic carbocycles. The van der Waals surface area contributed by atoms with E-state index in [0.29, 0.717) is 30.3 Å². The summed E-state index contributed by atoms with van der Waals surface area (Å²) in [6.07, 6.45) is -4.52. The summed E-state index contributed by atoms with van der Waals surface area (Å²) >= 11 is 0. The number of anilines is 1. The lowest BCUT2D eigenvalue weighted by atomic mass is 10.2. The minimum atomic E-state index is -4.52. The first kappa shape index (κ1) is 17.3. The third-order valence-electron chi connectivity index (χ3n) is 3.56. The van der Waals surface area contributed by atoms with Gasteiger partial charge in [0, 0.05) is 0 Å². The fraction of sp³-hybridized carbons (Fsp3) is 0.176. The summed E-state index contributed by atoms with van der Waals surface area (Å²) in [7, 11) is -3.21. The fourth-order valence-electron chi connectivity index (χ4n) is 2.37. The first-order valence-electron chi connectivity index (χ1n) is 7.36. The lowest BCUT2D eigenvalue weighted by molar-refractivity contribution is -0.137. The van der Waals surface area contributed by atoms with E-state index in [0.717, 1.165) is 12.1 Å². The van der Waals surface area contributed by atoms with E-state index in [1.807, 2.05) is 0 Å². The summed E-state index contributed by atoms with van der Waals surface area (Å²) in [5, 5.41) is 0. The Kier molecular flexibility index (Phi) is 4.47. The van der Waals surface area contributed by atoms with E-state index in [9.17, 15) is 17.4 Å². The normalized spacial score (nSPS) is 16.7. The van der Waals surface area contributed by atoms with Gasteiger partial charge in [0.15, 0.2) is 0 Å². The van der Waals surface area contributed by atoms with Crippen molar-refractivity contribution in [3.63, 3.8) is 0 Å². The van der Waals surface area contributed by atoms with Crippen molar-refractivity contribution in [3.8, 4) is 0 Å². The summed E-state index contributed by atoms with van der Waals surface area (Å²) in [5.41, 5.74) is 0.142. The average Bonchev–Trinajstić information content (AvgIpc) is 3.09. The SMILES string of the molecule is C=S(=O)(Nc1ccccc1C1=NCCO1)c1cccc(C(F)(F)F)c1. The summed E-state index contributed by atoms with van der Waals surface area (Å²) in [6.45, 7) is 0.980. The van der Waals surface area contributed by atoms with Crippen LogP contribution >= 0.6 is 0 Å². The summed E-state index contributed by atoms with van der Waals surface area (Å²) in [6, 6.07) is 11.2. The van der Waals surface area contributed by atoms with Crippen molar-refractivity contribution in [2.75, 3.05) is 17.9 Å². The lowest BCUT2D eigenvalue weighted by Crippen LogP contribution is -2.16. The van der Waals surface area contributed by atoms with Crippen molar-refractivity contribution in [1.82, 2.24) is 0 Å². The van der Waals surface area contributed by atoms with Gasteiger partial charge < -0.3 is 9.46 Å². The number of halogens is 3. The zero-order valence-electron chi connectivity index (χ0n) is 13.0. The molecule has 1 aliphatic heterocycles.